The minimum Gasteiger partial charge on any atom is -0.338 e. The van der Waals surface area contributed by atoms with Crippen LogP contribution in [0.4, 0.5) is 4.79 Å². The van der Waals surface area contributed by atoms with Gasteiger partial charge in [0.25, 0.3) is 5.56 Å². The largest absolute Gasteiger partial charge is 0.338 e. The second-order valence-corrected chi connectivity index (χ2v) is 9.10. The predicted molar refractivity (Wildman–Crippen MR) is 120 cm³/mol. The van der Waals surface area contributed by atoms with Crippen LogP contribution >= 0.6 is 11.8 Å². The number of para-hydroxylation sites is 1. The van der Waals surface area contributed by atoms with Crippen LogP contribution in [0.2, 0.25) is 0 Å². The second kappa shape index (κ2) is 10.6. The minimum absolute atomic E-state index is 0.0229. The highest BCUT2D eigenvalue weighted by Crippen LogP contribution is 2.30. The van der Waals surface area contributed by atoms with E-state index in [2.05, 4.69) is 29.5 Å². The Kier molecular flexibility index (Phi) is 7.90. The maximum absolute atomic E-state index is 13.2. The number of thioether (sulfide) groups is 1. The van der Waals surface area contributed by atoms with E-state index in [-0.39, 0.29) is 17.4 Å². The Balaban J connectivity index is 1.72. The summed E-state index contributed by atoms with van der Waals surface area (Å²) in [5, 5.41) is 6.18. The Bertz CT molecular complexity index is 951. The van der Waals surface area contributed by atoms with E-state index >= 15 is 0 Å². The van der Waals surface area contributed by atoms with Crippen molar-refractivity contribution in [3.63, 3.8) is 0 Å². The van der Waals surface area contributed by atoms with Gasteiger partial charge in [0.2, 0.25) is 5.91 Å². The lowest BCUT2D eigenvalue weighted by Crippen LogP contribution is -2.41. The molecule has 1 saturated carbocycles. The Labute approximate surface area is 181 Å². The van der Waals surface area contributed by atoms with Crippen LogP contribution in [-0.2, 0) is 4.79 Å². The standard InChI is InChI=1S/C22H30N4O3S/c1-15(2)12-13-23-21(29)25-19(27)14-30-22-24-18-11-7-6-10-17(18)20(28)26(22)16-8-4-3-5-9-16/h6-7,10-11,15-16H,3-5,8-9,12-14H2,1-2H3,(H2,23,25,27,29). The summed E-state index contributed by atoms with van der Waals surface area (Å²) in [6.07, 6.45) is 6.10. The topological polar surface area (TPSA) is 93.1 Å². The number of nitrogens with zero attached hydrogens (tertiary/aromatic N) is 2. The van der Waals surface area contributed by atoms with E-state index in [9.17, 15) is 14.4 Å². The van der Waals surface area contributed by atoms with Gasteiger partial charge in [-0.25, -0.2) is 9.78 Å². The van der Waals surface area contributed by atoms with Gasteiger partial charge < -0.3 is 5.32 Å². The van der Waals surface area contributed by atoms with Gasteiger partial charge in [0.1, 0.15) is 0 Å². The molecule has 2 N–H and O–H groups in total. The van der Waals surface area contributed by atoms with Crippen molar-refractivity contribution >= 4 is 34.6 Å². The van der Waals surface area contributed by atoms with Gasteiger partial charge in [-0.2, -0.15) is 0 Å². The molecule has 1 heterocycles. The molecule has 0 unspecified atom stereocenters. The number of hydrogen-bond acceptors (Lipinski definition) is 5. The zero-order valence-corrected chi connectivity index (χ0v) is 18.5. The van der Waals surface area contributed by atoms with Crippen molar-refractivity contribution in [2.45, 2.75) is 63.6 Å². The van der Waals surface area contributed by atoms with Gasteiger partial charge in [-0.1, -0.05) is 57.0 Å². The lowest BCUT2D eigenvalue weighted by Gasteiger charge is -2.26. The number of carbonyl (C=O) groups excluding carboxylic acids is 2. The molecule has 162 valence electrons. The van der Waals surface area contributed by atoms with E-state index in [1.165, 1.54) is 18.2 Å². The number of fused-ring (bicyclic) bond motifs is 1. The van der Waals surface area contributed by atoms with Crippen molar-refractivity contribution in [2.24, 2.45) is 5.92 Å². The third kappa shape index (κ3) is 5.84. The smallest absolute Gasteiger partial charge is 0.321 e. The van der Waals surface area contributed by atoms with E-state index in [4.69, 9.17) is 0 Å². The molecule has 1 fully saturated rings. The highest BCUT2D eigenvalue weighted by atomic mass is 32.2. The number of nitrogens with one attached hydrogen (secondary N) is 2. The van der Waals surface area contributed by atoms with Crippen LogP contribution in [0.5, 0.6) is 0 Å². The quantitative estimate of drug-likeness (QED) is 0.514. The van der Waals surface area contributed by atoms with Crippen molar-refractivity contribution in [1.29, 1.82) is 0 Å². The highest BCUT2D eigenvalue weighted by molar-refractivity contribution is 7.99. The fourth-order valence-corrected chi connectivity index (χ4v) is 4.57. The molecule has 30 heavy (non-hydrogen) atoms. The molecule has 1 aliphatic carbocycles. The highest BCUT2D eigenvalue weighted by Gasteiger charge is 2.22. The van der Waals surface area contributed by atoms with Gasteiger partial charge in [0.05, 0.1) is 16.7 Å². The van der Waals surface area contributed by atoms with Gasteiger partial charge in [0, 0.05) is 12.6 Å². The molecule has 8 heteroatoms. The number of amides is 3. The molecule has 7 nitrogen and oxygen atoms in total. The zero-order valence-electron chi connectivity index (χ0n) is 17.6. The van der Waals surface area contributed by atoms with Crippen LogP contribution in [0.1, 0.15) is 58.4 Å². The normalized spacial score (nSPS) is 14.8. The van der Waals surface area contributed by atoms with E-state index in [0.29, 0.717) is 28.5 Å². The third-order valence-corrected chi connectivity index (χ3v) is 6.26. The molecular weight excluding hydrogens is 400 g/mol. The van der Waals surface area contributed by atoms with Crippen molar-refractivity contribution in [2.75, 3.05) is 12.3 Å². The number of rotatable bonds is 7. The molecule has 1 aliphatic rings. The second-order valence-electron chi connectivity index (χ2n) is 8.15. The van der Waals surface area contributed by atoms with E-state index < -0.39 is 11.9 Å². The van der Waals surface area contributed by atoms with Gasteiger partial charge in [-0.15, -0.1) is 0 Å². The van der Waals surface area contributed by atoms with Crippen LogP contribution in [0.15, 0.2) is 34.2 Å². The lowest BCUT2D eigenvalue weighted by atomic mass is 9.95. The monoisotopic (exact) mass is 430 g/mol. The molecule has 0 atom stereocenters. The van der Waals surface area contributed by atoms with Gasteiger partial charge >= 0.3 is 6.03 Å². The summed E-state index contributed by atoms with van der Waals surface area (Å²) in [4.78, 5) is 42.0. The molecule has 0 spiro atoms. The molecule has 3 rings (SSSR count). The predicted octanol–water partition coefficient (Wildman–Crippen LogP) is 3.87. The molecular formula is C22H30N4O3S. The van der Waals surface area contributed by atoms with Crippen LogP contribution in [-0.4, -0.2) is 33.8 Å². The van der Waals surface area contributed by atoms with Crippen molar-refractivity contribution in [3.8, 4) is 0 Å². The number of benzene rings is 1. The zero-order chi connectivity index (χ0) is 21.5. The van der Waals surface area contributed by atoms with Crippen LogP contribution in [0, 0.1) is 5.92 Å². The Hall–Kier alpha value is -2.35. The first-order chi connectivity index (χ1) is 14.5. The molecule has 1 aromatic heterocycles. The van der Waals surface area contributed by atoms with Crippen LogP contribution in [0.25, 0.3) is 10.9 Å². The summed E-state index contributed by atoms with van der Waals surface area (Å²) >= 11 is 1.21. The fourth-order valence-electron chi connectivity index (χ4n) is 3.70. The first kappa shape index (κ1) is 22.3. The van der Waals surface area contributed by atoms with Crippen molar-refractivity contribution in [3.05, 3.63) is 34.6 Å². The maximum Gasteiger partial charge on any atom is 0.321 e. The summed E-state index contributed by atoms with van der Waals surface area (Å²) in [5.74, 6) is 0.0986. The summed E-state index contributed by atoms with van der Waals surface area (Å²) in [6.45, 7) is 4.67. The van der Waals surface area contributed by atoms with Crippen molar-refractivity contribution < 1.29 is 9.59 Å². The average Bonchev–Trinajstić information content (AvgIpc) is 2.72. The summed E-state index contributed by atoms with van der Waals surface area (Å²) < 4.78 is 1.77. The maximum atomic E-state index is 13.2. The average molecular weight is 431 g/mol. The number of urea groups is 1. The van der Waals surface area contributed by atoms with Gasteiger partial charge in [-0.3, -0.25) is 19.5 Å². The van der Waals surface area contributed by atoms with E-state index in [1.807, 2.05) is 18.2 Å². The lowest BCUT2D eigenvalue weighted by molar-refractivity contribution is -0.117. The Morgan fingerprint density at radius 2 is 1.93 bits per heavy atom. The SMILES string of the molecule is CC(C)CCNC(=O)NC(=O)CSc1nc2ccccc2c(=O)n1C1CCCCC1. The molecule has 0 radical (unpaired) electrons. The number of aromatic nitrogens is 2. The molecule has 3 amide bonds. The first-order valence-corrected chi connectivity index (χ1v) is 11.7. The molecule has 0 aliphatic heterocycles. The van der Waals surface area contributed by atoms with Crippen molar-refractivity contribution in [1.82, 2.24) is 20.2 Å². The third-order valence-electron chi connectivity index (χ3n) is 5.31. The van der Waals surface area contributed by atoms with Gasteiger partial charge in [-0.05, 0) is 37.3 Å². The fraction of sp³-hybridized carbons (Fsp3) is 0.545. The number of imide groups is 1. The summed E-state index contributed by atoms with van der Waals surface area (Å²) in [6, 6.07) is 6.92. The number of hydrogen-bond donors (Lipinski definition) is 2. The van der Waals surface area contributed by atoms with E-state index in [0.717, 1.165) is 32.1 Å². The molecule has 1 aromatic carbocycles. The molecule has 0 bridgehead atoms. The number of carbonyl (C=O) groups is 2. The summed E-state index contributed by atoms with van der Waals surface area (Å²) in [5.41, 5.74) is 0.575. The molecule has 0 saturated heterocycles. The first-order valence-electron chi connectivity index (χ1n) is 10.7. The van der Waals surface area contributed by atoms with Gasteiger partial charge in [0.15, 0.2) is 5.16 Å². The Morgan fingerprint density at radius 1 is 1.20 bits per heavy atom. The Morgan fingerprint density at radius 3 is 2.67 bits per heavy atom. The van der Waals surface area contributed by atoms with Crippen LogP contribution < -0.4 is 16.2 Å². The summed E-state index contributed by atoms with van der Waals surface area (Å²) in [7, 11) is 0. The minimum atomic E-state index is -0.489. The molecule has 2 aromatic rings. The van der Waals surface area contributed by atoms with Crippen LogP contribution in [0.3, 0.4) is 0 Å². The van der Waals surface area contributed by atoms with E-state index in [1.54, 1.807) is 10.6 Å².